The van der Waals surface area contributed by atoms with Gasteiger partial charge in [-0.1, -0.05) is 36.4 Å². The molecule has 0 saturated carbocycles. The molecular formula is C19H17ClFN3O. The van der Waals surface area contributed by atoms with Gasteiger partial charge in [-0.3, -0.25) is 4.79 Å². The van der Waals surface area contributed by atoms with Crippen LogP contribution < -0.4 is 5.32 Å². The molecule has 1 N–H and O–H groups in total. The number of benzene rings is 2. The number of halogens is 2. The summed E-state index contributed by atoms with van der Waals surface area (Å²) >= 11 is 6.16. The van der Waals surface area contributed by atoms with E-state index >= 15 is 0 Å². The maximum absolute atomic E-state index is 14.2. The summed E-state index contributed by atoms with van der Waals surface area (Å²) in [6.45, 7) is 5.69. The van der Waals surface area contributed by atoms with Crippen LogP contribution in [0.2, 0.25) is 5.02 Å². The zero-order chi connectivity index (χ0) is 18.0. The third kappa shape index (κ3) is 3.56. The van der Waals surface area contributed by atoms with Crippen molar-refractivity contribution >= 4 is 28.5 Å². The third-order valence-corrected chi connectivity index (χ3v) is 4.26. The van der Waals surface area contributed by atoms with Crippen molar-refractivity contribution in [3.8, 4) is 0 Å². The smallest absolute Gasteiger partial charge is 0.246 e. The van der Waals surface area contributed by atoms with Gasteiger partial charge in [0, 0.05) is 16.2 Å². The molecule has 0 unspecified atom stereocenters. The largest absolute Gasteiger partial charge is 0.345 e. The molecule has 1 amide bonds. The number of nitrogens with zero attached hydrogens (tertiary/aromatic N) is 2. The molecule has 0 saturated heterocycles. The Morgan fingerprint density at radius 2 is 2.04 bits per heavy atom. The second-order valence-corrected chi connectivity index (χ2v) is 6.17. The number of amides is 1. The zero-order valence-electron chi connectivity index (χ0n) is 13.7. The van der Waals surface area contributed by atoms with Gasteiger partial charge in [0.1, 0.15) is 11.6 Å². The van der Waals surface area contributed by atoms with E-state index in [9.17, 15) is 9.18 Å². The fraction of sp³-hybridized carbons (Fsp3) is 0.158. The van der Waals surface area contributed by atoms with Crippen LogP contribution in [0.5, 0.6) is 0 Å². The van der Waals surface area contributed by atoms with Crippen molar-refractivity contribution in [3.63, 3.8) is 0 Å². The summed E-state index contributed by atoms with van der Waals surface area (Å²) in [5.41, 5.74) is 2.43. The van der Waals surface area contributed by atoms with E-state index in [1.807, 2.05) is 28.8 Å². The first-order valence-corrected chi connectivity index (χ1v) is 8.16. The first-order chi connectivity index (χ1) is 12.0. The van der Waals surface area contributed by atoms with Gasteiger partial charge in [-0.2, -0.15) is 0 Å². The molecule has 6 heteroatoms. The second-order valence-electron chi connectivity index (χ2n) is 5.77. The Morgan fingerprint density at radius 3 is 2.76 bits per heavy atom. The highest BCUT2D eigenvalue weighted by Crippen LogP contribution is 2.24. The van der Waals surface area contributed by atoms with Crippen molar-refractivity contribution in [2.45, 2.75) is 20.0 Å². The van der Waals surface area contributed by atoms with Crippen molar-refractivity contribution in [1.82, 2.24) is 14.9 Å². The molecule has 3 rings (SSSR count). The average molecular weight is 358 g/mol. The van der Waals surface area contributed by atoms with Crippen LogP contribution in [0.4, 0.5) is 4.39 Å². The monoisotopic (exact) mass is 357 g/mol. The summed E-state index contributed by atoms with van der Waals surface area (Å²) in [6.07, 6.45) is 0. The van der Waals surface area contributed by atoms with Gasteiger partial charge >= 0.3 is 0 Å². The van der Waals surface area contributed by atoms with Crippen LogP contribution in [0.1, 0.15) is 18.3 Å². The van der Waals surface area contributed by atoms with Crippen molar-refractivity contribution in [2.75, 3.05) is 0 Å². The molecule has 0 radical (unpaired) electrons. The molecule has 0 aliphatic rings. The van der Waals surface area contributed by atoms with Crippen LogP contribution in [0.25, 0.3) is 11.0 Å². The molecule has 0 aliphatic carbocycles. The van der Waals surface area contributed by atoms with Crippen LogP contribution in [0.15, 0.2) is 54.6 Å². The summed E-state index contributed by atoms with van der Waals surface area (Å²) in [5.74, 6) is -0.000136. The number of carbonyl (C=O) groups excluding carboxylic acids is 1. The fourth-order valence-electron chi connectivity index (χ4n) is 2.59. The van der Waals surface area contributed by atoms with Crippen LogP contribution in [0, 0.1) is 5.82 Å². The summed E-state index contributed by atoms with van der Waals surface area (Å²) in [5, 5.41) is 3.12. The molecule has 128 valence electrons. The molecule has 4 nitrogen and oxygen atoms in total. The number of nitrogens with one attached hydrogen (secondary N) is 1. The Balaban J connectivity index is 2.01. The van der Waals surface area contributed by atoms with E-state index in [2.05, 4.69) is 16.9 Å². The predicted octanol–water partition coefficient (Wildman–Crippen LogP) is 4.07. The lowest BCUT2D eigenvalue weighted by molar-refractivity contribution is -0.117. The van der Waals surface area contributed by atoms with Crippen molar-refractivity contribution in [1.29, 1.82) is 0 Å². The number of fused-ring (bicyclic) bond motifs is 1. The van der Waals surface area contributed by atoms with E-state index in [0.717, 1.165) is 11.0 Å². The average Bonchev–Trinajstić information content (AvgIpc) is 2.93. The number of hydrogen-bond acceptors (Lipinski definition) is 2. The number of imidazole rings is 1. The Kier molecular flexibility index (Phi) is 4.86. The Morgan fingerprint density at radius 1 is 1.28 bits per heavy atom. The standard InChI is InChI=1S/C19H17ClFN3O/c1-12(2)19(25)22-10-18-23-16-8-3-4-9-17(16)24(18)11-13-14(20)6-5-7-15(13)21/h3-9H,1,10-11H2,2H3,(H,22,25). The topological polar surface area (TPSA) is 46.9 Å². The van der Waals surface area contributed by atoms with Crippen LogP contribution in [-0.4, -0.2) is 15.5 Å². The van der Waals surface area contributed by atoms with E-state index in [4.69, 9.17) is 11.6 Å². The molecule has 25 heavy (non-hydrogen) atoms. The van der Waals surface area contributed by atoms with Gasteiger partial charge in [-0.05, 0) is 31.2 Å². The first kappa shape index (κ1) is 17.2. The van der Waals surface area contributed by atoms with Gasteiger partial charge in [-0.15, -0.1) is 0 Å². The number of para-hydroxylation sites is 2. The van der Waals surface area contributed by atoms with Gasteiger partial charge in [-0.25, -0.2) is 9.37 Å². The molecule has 0 fully saturated rings. The number of rotatable bonds is 5. The van der Waals surface area contributed by atoms with Gasteiger partial charge in [0.05, 0.1) is 24.1 Å². The molecule has 3 aromatic rings. The maximum atomic E-state index is 14.2. The van der Waals surface area contributed by atoms with Crippen LogP contribution in [0.3, 0.4) is 0 Å². The highest BCUT2D eigenvalue weighted by Gasteiger charge is 2.15. The highest BCUT2D eigenvalue weighted by atomic mass is 35.5. The van der Waals surface area contributed by atoms with E-state index in [1.54, 1.807) is 19.1 Å². The van der Waals surface area contributed by atoms with Gasteiger partial charge in [0.15, 0.2) is 0 Å². The quantitative estimate of drug-likeness (QED) is 0.700. The summed E-state index contributed by atoms with van der Waals surface area (Å²) in [4.78, 5) is 16.3. The SMILES string of the molecule is C=C(C)C(=O)NCc1nc2ccccc2n1Cc1c(F)cccc1Cl. The number of hydrogen-bond donors (Lipinski definition) is 1. The third-order valence-electron chi connectivity index (χ3n) is 3.91. The second kappa shape index (κ2) is 7.07. The van der Waals surface area contributed by atoms with Crippen molar-refractivity contribution in [3.05, 3.63) is 76.8 Å². The van der Waals surface area contributed by atoms with E-state index in [-0.39, 0.29) is 24.8 Å². The van der Waals surface area contributed by atoms with Gasteiger partial charge < -0.3 is 9.88 Å². The van der Waals surface area contributed by atoms with E-state index < -0.39 is 0 Å². The summed E-state index contributed by atoms with van der Waals surface area (Å²) in [7, 11) is 0. The van der Waals surface area contributed by atoms with Gasteiger partial charge in [0.2, 0.25) is 5.91 Å². The summed E-state index contributed by atoms with van der Waals surface area (Å²) < 4.78 is 16.1. The Hall–Kier alpha value is -2.66. The lowest BCUT2D eigenvalue weighted by atomic mass is 10.2. The summed E-state index contributed by atoms with van der Waals surface area (Å²) in [6, 6.07) is 12.2. The highest BCUT2D eigenvalue weighted by molar-refractivity contribution is 6.31. The molecule has 0 atom stereocenters. The van der Waals surface area contributed by atoms with Gasteiger partial charge in [0.25, 0.3) is 0 Å². The minimum absolute atomic E-state index is 0.215. The van der Waals surface area contributed by atoms with Crippen LogP contribution in [-0.2, 0) is 17.9 Å². The Bertz CT molecular complexity index is 944. The first-order valence-electron chi connectivity index (χ1n) is 7.78. The Labute approximate surface area is 149 Å². The molecule has 1 aromatic heterocycles. The fourth-order valence-corrected chi connectivity index (χ4v) is 2.81. The van der Waals surface area contributed by atoms with E-state index in [0.29, 0.717) is 22.0 Å². The molecule has 0 spiro atoms. The number of carbonyl (C=O) groups is 1. The zero-order valence-corrected chi connectivity index (χ0v) is 14.5. The normalized spacial score (nSPS) is 10.8. The number of aromatic nitrogens is 2. The molecule has 0 bridgehead atoms. The minimum Gasteiger partial charge on any atom is -0.345 e. The minimum atomic E-state index is -0.373. The lowest BCUT2D eigenvalue weighted by Gasteiger charge is -2.12. The van der Waals surface area contributed by atoms with Crippen molar-refractivity contribution in [2.24, 2.45) is 0 Å². The lowest BCUT2D eigenvalue weighted by Crippen LogP contribution is -2.25. The molecular weight excluding hydrogens is 341 g/mol. The van der Waals surface area contributed by atoms with Crippen molar-refractivity contribution < 1.29 is 9.18 Å². The predicted molar refractivity (Wildman–Crippen MR) is 96.9 cm³/mol. The molecule has 0 aliphatic heterocycles. The maximum Gasteiger partial charge on any atom is 0.246 e. The molecule has 1 heterocycles. The van der Waals surface area contributed by atoms with Crippen LogP contribution >= 0.6 is 11.6 Å². The van der Waals surface area contributed by atoms with E-state index in [1.165, 1.54) is 6.07 Å². The molecule has 2 aromatic carbocycles.